The zero-order chi connectivity index (χ0) is 27.1. The van der Waals surface area contributed by atoms with Gasteiger partial charge < -0.3 is 15.1 Å². The first kappa shape index (κ1) is 28.0. The van der Waals surface area contributed by atoms with Gasteiger partial charge in [-0.2, -0.15) is 0 Å². The number of nitrogens with one attached hydrogen (secondary N) is 1. The fourth-order valence-electron chi connectivity index (χ4n) is 5.53. The maximum atomic E-state index is 13.6. The Balaban J connectivity index is 1.44. The number of rotatable bonds is 7. The second-order valence-electron chi connectivity index (χ2n) is 10.9. The topological polar surface area (TPSA) is 55.9 Å². The summed E-state index contributed by atoms with van der Waals surface area (Å²) >= 11 is 0. The number of carbonyl (C=O) groups is 2. The second kappa shape index (κ2) is 13.2. The summed E-state index contributed by atoms with van der Waals surface area (Å²) in [5.41, 5.74) is 1.83. The number of piperazine rings is 1. The molecule has 1 atom stereocenters. The minimum atomic E-state index is -0.553. The smallest absolute Gasteiger partial charge is 0.318 e. The molecule has 2 aliphatic heterocycles. The Labute approximate surface area is 225 Å². The highest BCUT2D eigenvalue weighted by molar-refractivity contribution is 5.87. The highest BCUT2D eigenvalue weighted by Crippen LogP contribution is 2.30. The summed E-state index contributed by atoms with van der Waals surface area (Å²) in [6.07, 6.45) is 4.87. The molecule has 6 nitrogen and oxygen atoms in total. The van der Waals surface area contributed by atoms with E-state index >= 15 is 0 Å². The maximum Gasteiger partial charge on any atom is 0.318 e. The molecule has 206 valence electrons. The minimum Gasteiger partial charge on any atom is -0.338 e. The van der Waals surface area contributed by atoms with Gasteiger partial charge in [-0.1, -0.05) is 51.0 Å². The standard InChI is InChI=1S/C30H40F2N4O2/c1-22(2)21-27(33-30(38)36-15-5-3-4-6-16-36)29(37)35-19-17-34(18-20-35)28(23-7-11-25(31)12-8-23)24-9-13-26(32)14-10-24/h7-14,22,27-28H,3-6,15-21H2,1-2H3,(H,33,38)/t27-/m1/s1. The van der Waals surface area contributed by atoms with Gasteiger partial charge in [-0.15, -0.1) is 0 Å². The van der Waals surface area contributed by atoms with Crippen LogP contribution in [0.25, 0.3) is 0 Å². The molecule has 0 saturated carbocycles. The lowest BCUT2D eigenvalue weighted by atomic mass is 9.96. The van der Waals surface area contributed by atoms with Gasteiger partial charge in [0.25, 0.3) is 0 Å². The molecule has 3 amide bonds. The van der Waals surface area contributed by atoms with Gasteiger partial charge in [0.1, 0.15) is 17.7 Å². The first-order chi connectivity index (χ1) is 18.3. The van der Waals surface area contributed by atoms with Gasteiger partial charge in [0.15, 0.2) is 0 Å². The normalized spacial score (nSPS) is 17.9. The van der Waals surface area contributed by atoms with Gasteiger partial charge >= 0.3 is 6.03 Å². The molecule has 2 aromatic rings. The van der Waals surface area contributed by atoms with Crippen LogP contribution in [-0.4, -0.2) is 71.9 Å². The van der Waals surface area contributed by atoms with Crippen LogP contribution in [-0.2, 0) is 4.79 Å². The molecule has 38 heavy (non-hydrogen) atoms. The monoisotopic (exact) mass is 526 g/mol. The summed E-state index contributed by atoms with van der Waals surface area (Å²) in [6, 6.07) is 11.9. The van der Waals surface area contributed by atoms with Crippen molar-refractivity contribution in [3.8, 4) is 0 Å². The van der Waals surface area contributed by atoms with Crippen molar-refractivity contribution >= 4 is 11.9 Å². The van der Waals surface area contributed by atoms with Crippen molar-refractivity contribution in [2.24, 2.45) is 5.92 Å². The number of benzene rings is 2. The first-order valence-electron chi connectivity index (χ1n) is 13.9. The molecule has 1 N–H and O–H groups in total. The number of carbonyl (C=O) groups excluding carboxylic acids is 2. The fourth-order valence-corrected chi connectivity index (χ4v) is 5.53. The third kappa shape index (κ3) is 7.31. The Morgan fingerprint density at radius 1 is 0.737 bits per heavy atom. The summed E-state index contributed by atoms with van der Waals surface area (Å²) in [6.45, 7) is 7.86. The van der Waals surface area contributed by atoms with Crippen molar-refractivity contribution < 1.29 is 18.4 Å². The number of amides is 3. The molecule has 0 unspecified atom stereocenters. The average molecular weight is 527 g/mol. The Bertz CT molecular complexity index is 999. The molecule has 0 bridgehead atoms. The van der Waals surface area contributed by atoms with Gasteiger partial charge in [-0.05, 0) is 60.6 Å². The van der Waals surface area contributed by atoms with E-state index in [1.54, 1.807) is 24.3 Å². The Morgan fingerprint density at radius 3 is 1.71 bits per heavy atom. The number of halogens is 2. The van der Waals surface area contributed by atoms with Crippen molar-refractivity contribution in [3.05, 3.63) is 71.3 Å². The third-order valence-electron chi connectivity index (χ3n) is 7.56. The van der Waals surface area contributed by atoms with E-state index in [1.165, 1.54) is 24.3 Å². The van der Waals surface area contributed by atoms with Crippen LogP contribution in [0.3, 0.4) is 0 Å². The van der Waals surface area contributed by atoms with E-state index in [-0.39, 0.29) is 35.5 Å². The first-order valence-corrected chi connectivity index (χ1v) is 13.9. The minimum absolute atomic E-state index is 0.0402. The van der Waals surface area contributed by atoms with Crippen LogP contribution in [0, 0.1) is 17.6 Å². The summed E-state index contributed by atoms with van der Waals surface area (Å²) < 4.78 is 27.3. The molecule has 0 aliphatic carbocycles. The van der Waals surface area contributed by atoms with E-state index in [0.717, 1.165) is 49.9 Å². The molecule has 2 heterocycles. The van der Waals surface area contributed by atoms with Crippen LogP contribution < -0.4 is 5.32 Å². The average Bonchev–Trinajstić information content (AvgIpc) is 3.20. The van der Waals surface area contributed by atoms with Crippen molar-refractivity contribution in [1.82, 2.24) is 20.0 Å². The molecule has 2 aliphatic rings. The lowest BCUT2D eigenvalue weighted by molar-refractivity contribution is -0.135. The molecule has 0 spiro atoms. The zero-order valence-corrected chi connectivity index (χ0v) is 22.5. The molecule has 2 aromatic carbocycles. The third-order valence-corrected chi connectivity index (χ3v) is 7.56. The van der Waals surface area contributed by atoms with Crippen molar-refractivity contribution in [2.75, 3.05) is 39.3 Å². The lowest BCUT2D eigenvalue weighted by Crippen LogP contribution is -2.57. The molecule has 0 aromatic heterocycles. The molecule has 0 radical (unpaired) electrons. The van der Waals surface area contributed by atoms with Crippen LogP contribution in [0.4, 0.5) is 13.6 Å². The predicted molar refractivity (Wildman–Crippen MR) is 145 cm³/mol. The fraction of sp³-hybridized carbons (Fsp3) is 0.533. The molecule has 2 fully saturated rings. The molecular formula is C30H40F2N4O2. The quantitative estimate of drug-likeness (QED) is 0.540. The van der Waals surface area contributed by atoms with Gasteiger partial charge in [-0.25, -0.2) is 13.6 Å². The summed E-state index contributed by atoms with van der Waals surface area (Å²) in [7, 11) is 0. The van der Waals surface area contributed by atoms with Crippen molar-refractivity contribution in [1.29, 1.82) is 0 Å². The highest BCUT2D eigenvalue weighted by atomic mass is 19.1. The Hall–Kier alpha value is -3.00. The zero-order valence-electron chi connectivity index (χ0n) is 22.5. The predicted octanol–water partition coefficient (Wildman–Crippen LogP) is 5.20. The van der Waals surface area contributed by atoms with Crippen LogP contribution in [0.15, 0.2) is 48.5 Å². The van der Waals surface area contributed by atoms with Crippen molar-refractivity contribution in [2.45, 2.75) is 58.0 Å². The Kier molecular flexibility index (Phi) is 9.72. The van der Waals surface area contributed by atoms with E-state index in [1.807, 2.05) is 9.80 Å². The molecule has 4 rings (SSSR count). The largest absolute Gasteiger partial charge is 0.338 e. The second-order valence-corrected chi connectivity index (χ2v) is 10.9. The van der Waals surface area contributed by atoms with E-state index in [0.29, 0.717) is 32.6 Å². The lowest BCUT2D eigenvalue weighted by Gasteiger charge is -2.41. The SMILES string of the molecule is CC(C)C[C@@H](NC(=O)N1CCCCCC1)C(=O)N1CCN(C(c2ccc(F)cc2)c2ccc(F)cc2)CC1. The van der Waals surface area contributed by atoms with E-state index in [2.05, 4.69) is 24.1 Å². The maximum absolute atomic E-state index is 13.6. The van der Waals surface area contributed by atoms with Gasteiger partial charge in [0.2, 0.25) is 5.91 Å². The summed E-state index contributed by atoms with van der Waals surface area (Å²) in [4.78, 5) is 32.6. The number of hydrogen-bond acceptors (Lipinski definition) is 3. The molecular weight excluding hydrogens is 486 g/mol. The number of nitrogens with zero attached hydrogens (tertiary/aromatic N) is 3. The highest BCUT2D eigenvalue weighted by Gasteiger charge is 2.33. The number of likely N-dealkylation sites (tertiary alicyclic amines) is 1. The van der Waals surface area contributed by atoms with Gasteiger partial charge in [0, 0.05) is 39.3 Å². The number of hydrogen-bond donors (Lipinski definition) is 1. The molecule has 2 saturated heterocycles. The van der Waals surface area contributed by atoms with Crippen LogP contribution >= 0.6 is 0 Å². The summed E-state index contributed by atoms with van der Waals surface area (Å²) in [5, 5.41) is 3.05. The van der Waals surface area contributed by atoms with Gasteiger partial charge in [0.05, 0.1) is 6.04 Å². The Morgan fingerprint density at radius 2 is 1.24 bits per heavy atom. The van der Waals surface area contributed by atoms with E-state index in [9.17, 15) is 18.4 Å². The van der Waals surface area contributed by atoms with Gasteiger partial charge in [-0.3, -0.25) is 9.69 Å². The number of urea groups is 1. The van der Waals surface area contributed by atoms with Crippen molar-refractivity contribution in [3.63, 3.8) is 0 Å². The molecule has 8 heteroatoms. The van der Waals surface area contributed by atoms with Crippen LogP contribution in [0.5, 0.6) is 0 Å². The van der Waals surface area contributed by atoms with E-state index in [4.69, 9.17) is 0 Å². The van der Waals surface area contributed by atoms with Crippen LogP contribution in [0.1, 0.15) is 63.1 Å². The van der Waals surface area contributed by atoms with Crippen LogP contribution in [0.2, 0.25) is 0 Å². The summed E-state index contributed by atoms with van der Waals surface area (Å²) in [5.74, 6) is -0.390. The van der Waals surface area contributed by atoms with E-state index < -0.39 is 6.04 Å².